The zero-order valence-electron chi connectivity index (χ0n) is 15.5. The van der Waals surface area contributed by atoms with E-state index in [9.17, 15) is 22.0 Å². The predicted octanol–water partition coefficient (Wildman–Crippen LogP) is 1.40. The number of carbonyl (C=O) groups is 1. The van der Waals surface area contributed by atoms with Gasteiger partial charge in [-0.1, -0.05) is 0 Å². The molecule has 0 saturated carbocycles. The molecule has 1 fully saturated rings. The van der Waals surface area contributed by atoms with Crippen molar-refractivity contribution in [3.05, 3.63) is 35.9 Å². The Bertz CT molecular complexity index is 805. The monoisotopic (exact) mass is 420 g/mol. The van der Waals surface area contributed by atoms with Gasteiger partial charge in [0.05, 0.1) is 31.8 Å². The summed E-state index contributed by atoms with van der Waals surface area (Å²) in [6.07, 6.45) is 0.0928. The van der Waals surface area contributed by atoms with Crippen LogP contribution in [-0.2, 0) is 24.3 Å². The van der Waals surface area contributed by atoms with E-state index in [-0.39, 0.29) is 31.3 Å². The van der Waals surface area contributed by atoms with Gasteiger partial charge in [-0.25, -0.2) is 18.2 Å². The molecule has 8 nitrogen and oxygen atoms in total. The summed E-state index contributed by atoms with van der Waals surface area (Å²) in [4.78, 5) is 13.1. The third-order valence-electron chi connectivity index (χ3n) is 3.78. The van der Waals surface area contributed by atoms with Crippen LogP contribution < -0.4 is 9.57 Å². The minimum atomic E-state index is -4.42. The molecule has 1 aliphatic heterocycles. The number of alkyl halides is 2. The van der Waals surface area contributed by atoms with Crippen LogP contribution in [0.2, 0.25) is 0 Å². The molecule has 28 heavy (non-hydrogen) atoms. The van der Waals surface area contributed by atoms with Gasteiger partial charge >= 0.3 is 11.9 Å². The molecule has 0 aromatic heterocycles. The summed E-state index contributed by atoms with van der Waals surface area (Å²) in [5, 5.41) is 1.35. The first-order valence-corrected chi connectivity index (χ1v) is 9.95. The van der Waals surface area contributed by atoms with Crippen molar-refractivity contribution in [3.63, 3.8) is 0 Å². The number of methoxy groups -OCH3 is 1. The highest BCUT2D eigenvalue weighted by molar-refractivity contribution is 7.98. The van der Waals surface area contributed by atoms with Crippen molar-refractivity contribution < 1.29 is 36.2 Å². The van der Waals surface area contributed by atoms with Crippen LogP contribution in [0.1, 0.15) is 12.5 Å². The maximum absolute atomic E-state index is 14.3. The standard InChI is InChI=1S/C17H22F2N2O6S/c1-3-27-16(22)17(18,19)12-15(13-4-6-14(25-2)7-5-13)28(23,24)20-21-8-10-26-11-9-21/h4-7,12,20H,3,8-11H2,1-2H3/b15-12+. The first-order chi connectivity index (χ1) is 13.2. The van der Waals surface area contributed by atoms with Crippen LogP contribution in [0.4, 0.5) is 8.78 Å². The van der Waals surface area contributed by atoms with Crippen LogP contribution >= 0.6 is 0 Å². The Balaban J connectivity index is 2.44. The number of benzene rings is 1. The molecule has 0 aliphatic carbocycles. The topological polar surface area (TPSA) is 94.2 Å². The molecule has 1 N–H and O–H groups in total. The quantitative estimate of drug-likeness (QED) is 0.636. The molecule has 0 spiro atoms. The third-order valence-corrected chi connectivity index (χ3v) is 5.22. The third kappa shape index (κ3) is 5.71. The van der Waals surface area contributed by atoms with E-state index in [0.29, 0.717) is 19.0 Å². The maximum Gasteiger partial charge on any atom is 0.381 e. The summed E-state index contributed by atoms with van der Waals surface area (Å²) >= 11 is 0. The lowest BCUT2D eigenvalue weighted by atomic mass is 10.1. The van der Waals surface area contributed by atoms with E-state index < -0.39 is 26.8 Å². The Labute approximate surface area is 162 Å². The fourth-order valence-electron chi connectivity index (χ4n) is 2.40. The van der Waals surface area contributed by atoms with Crippen LogP contribution in [0.3, 0.4) is 0 Å². The summed E-state index contributed by atoms with van der Waals surface area (Å²) < 4.78 is 68.7. The van der Waals surface area contributed by atoms with Gasteiger partial charge in [0, 0.05) is 19.2 Å². The summed E-state index contributed by atoms with van der Waals surface area (Å²) in [6.45, 7) is 2.21. The highest BCUT2D eigenvalue weighted by Gasteiger charge is 2.41. The molecular formula is C17H22F2N2O6S. The summed E-state index contributed by atoms with van der Waals surface area (Å²) in [5.74, 6) is -5.55. The number of sulfonamides is 1. The first kappa shape index (κ1) is 22.2. The molecule has 0 bridgehead atoms. The second-order valence-corrected chi connectivity index (χ2v) is 7.40. The number of rotatable bonds is 8. The fraction of sp³-hybridized carbons (Fsp3) is 0.471. The Morgan fingerprint density at radius 2 is 1.89 bits per heavy atom. The number of hydrogen-bond acceptors (Lipinski definition) is 7. The number of nitrogens with one attached hydrogen (secondary N) is 1. The zero-order chi connectivity index (χ0) is 20.8. The number of hydrogen-bond donors (Lipinski definition) is 1. The Morgan fingerprint density at radius 1 is 1.29 bits per heavy atom. The number of carbonyl (C=O) groups excluding carboxylic acids is 1. The molecule has 2 rings (SSSR count). The van der Waals surface area contributed by atoms with Gasteiger partial charge in [0.2, 0.25) is 0 Å². The maximum atomic E-state index is 14.3. The number of esters is 1. The molecule has 156 valence electrons. The van der Waals surface area contributed by atoms with Gasteiger partial charge in [-0.05, 0) is 36.8 Å². The van der Waals surface area contributed by atoms with Crippen molar-refractivity contribution in [2.45, 2.75) is 12.8 Å². The lowest BCUT2D eigenvalue weighted by Crippen LogP contribution is -2.48. The Kier molecular flexibility index (Phi) is 7.47. The van der Waals surface area contributed by atoms with E-state index in [1.165, 1.54) is 43.3 Å². The van der Waals surface area contributed by atoms with E-state index in [2.05, 4.69) is 9.57 Å². The second kappa shape index (κ2) is 9.41. The van der Waals surface area contributed by atoms with Crippen LogP contribution in [0, 0.1) is 0 Å². The van der Waals surface area contributed by atoms with Crippen LogP contribution in [-0.4, -0.2) is 65.3 Å². The summed E-state index contributed by atoms with van der Waals surface area (Å²) in [6, 6.07) is 5.47. The van der Waals surface area contributed by atoms with E-state index in [0.717, 1.165) is 0 Å². The number of halogens is 2. The van der Waals surface area contributed by atoms with Crippen molar-refractivity contribution in [1.29, 1.82) is 0 Å². The van der Waals surface area contributed by atoms with E-state index in [4.69, 9.17) is 9.47 Å². The second-order valence-electron chi connectivity index (χ2n) is 5.77. The predicted molar refractivity (Wildman–Crippen MR) is 97.0 cm³/mol. The average Bonchev–Trinajstić information content (AvgIpc) is 2.67. The van der Waals surface area contributed by atoms with Gasteiger partial charge in [-0.15, -0.1) is 4.83 Å². The molecule has 1 heterocycles. The van der Waals surface area contributed by atoms with Crippen molar-refractivity contribution in [2.24, 2.45) is 0 Å². The van der Waals surface area contributed by atoms with Gasteiger partial charge in [0.15, 0.2) is 0 Å². The first-order valence-electron chi connectivity index (χ1n) is 8.47. The van der Waals surface area contributed by atoms with E-state index in [1.54, 1.807) is 0 Å². The molecule has 0 amide bonds. The fourth-order valence-corrected chi connectivity index (χ4v) is 3.77. The summed E-state index contributed by atoms with van der Waals surface area (Å²) in [7, 11) is -3.01. The van der Waals surface area contributed by atoms with Crippen LogP contribution in [0.15, 0.2) is 30.3 Å². The highest BCUT2D eigenvalue weighted by atomic mass is 32.2. The lowest BCUT2D eigenvalue weighted by Gasteiger charge is -2.27. The molecule has 11 heteroatoms. The van der Waals surface area contributed by atoms with Gasteiger partial charge in [0.1, 0.15) is 5.75 Å². The zero-order valence-corrected chi connectivity index (χ0v) is 16.3. The largest absolute Gasteiger partial charge is 0.497 e. The number of ether oxygens (including phenoxy) is 3. The van der Waals surface area contributed by atoms with Crippen LogP contribution in [0.5, 0.6) is 5.75 Å². The molecule has 1 aromatic rings. The molecule has 0 unspecified atom stereocenters. The normalized spacial score (nSPS) is 16.6. The molecule has 0 atom stereocenters. The van der Waals surface area contributed by atoms with E-state index >= 15 is 0 Å². The van der Waals surface area contributed by atoms with Crippen LogP contribution in [0.25, 0.3) is 4.91 Å². The van der Waals surface area contributed by atoms with Crippen molar-refractivity contribution in [2.75, 3.05) is 40.0 Å². The molecular weight excluding hydrogens is 398 g/mol. The number of nitrogens with zero attached hydrogens (tertiary/aromatic N) is 1. The molecule has 0 radical (unpaired) electrons. The lowest BCUT2D eigenvalue weighted by molar-refractivity contribution is -0.164. The van der Waals surface area contributed by atoms with Gasteiger partial charge in [0.25, 0.3) is 10.0 Å². The van der Waals surface area contributed by atoms with Gasteiger partial charge in [-0.3, -0.25) is 0 Å². The molecule has 1 aliphatic rings. The molecule has 1 aromatic carbocycles. The number of morpholine rings is 1. The Hall–Kier alpha value is -2.08. The van der Waals surface area contributed by atoms with Crippen molar-refractivity contribution >= 4 is 20.9 Å². The van der Waals surface area contributed by atoms with Crippen molar-refractivity contribution in [3.8, 4) is 5.75 Å². The minimum absolute atomic E-state index is 0.0365. The van der Waals surface area contributed by atoms with Gasteiger partial charge in [-0.2, -0.15) is 8.78 Å². The highest BCUT2D eigenvalue weighted by Crippen LogP contribution is 2.29. The SMILES string of the molecule is CCOC(=O)C(F)(F)/C=C(\c1ccc(OC)cc1)S(=O)(=O)NN1CCOCC1. The average molecular weight is 420 g/mol. The van der Waals surface area contributed by atoms with E-state index in [1.807, 2.05) is 0 Å². The number of hydrazine groups is 1. The summed E-state index contributed by atoms with van der Waals surface area (Å²) in [5.41, 5.74) is -0.0365. The Morgan fingerprint density at radius 3 is 2.43 bits per heavy atom. The van der Waals surface area contributed by atoms with Crippen molar-refractivity contribution in [1.82, 2.24) is 9.84 Å². The van der Waals surface area contributed by atoms with Gasteiger partial charge < -0.3 is 14.2 Å². The minimum Gasteiger partial charge on any atom is -0.497 e. The molecule has 1 saturated heterocycles. The smallest absolute Gasteiger partial charge is 0.381 e.